The summed E-state index contributed by atoms with van der Waals surface area (Å²) in [5.74, 6) is 0.217. The first-order valence-corrected chi connectivity index (χ1v) is 12.5. The van der Waals surface area contributed by atoms with Gasteiger partial charge in [0.05, 0.1) is 17.7 Å². The van der Waals surface area contributed by atoms with Crippen LogP contribution in [0.3, 0.4) is 0 Å². The second-order valence-corrected chi connectivity index (χ2v) is 13.4. The number of carbonyl (C=O) groups excluding carboxylic acids is 2. The van der Waals surface area contributed by atoms with Gasteiger partial charge in [-0.1, -0.05) is 32.9 Å². The summed E-state index contributed by atoms with van der Waals surface area (Å²) in [6.45, 7) is 12.5. The van der Waals surface area contributed by atoms with Crippen molar-refractivity contribution in [3.63, 3.8) is 0 Å². The molecule has 0 aromatic heterocycles. The molecule has 29 heavy (non-hydrogen) atoms. The number of ketones is 1. The van der Waals surface area contributed by atoms with Crippen molar-refractivity contribution in [1.82, 2.24) is 5.32 Å². The van der Waals surface area contributed by atoms with Crippen LogP contribution >= 0.6 is 0 Å². The highest BCUT2D eigenvalue weighted by atomic mass is 28.4. The van der Waals surface area contributed by atoms with Gasteiger partial charge in [-0.05, 0) is 61.5 Å². The van der Waals surface area contributed by atoms with Crippen LogP contribution in [0.1, 0.15) is 54.0 Å². The first kappa shape index (κ1) is 22.4. The number of amides is 1. The third-order valence-corrected chi connectivity index (χ3v) is 9.69. The number of nitriles is 1. The van der Waals surface area contributed by atoms with Gasteiger partial charge in [0.15, 0.2) is 5.78 Å². The first-order valence-electron chi connectivity index (χ1n) is 9.59. The zero-order chi connectivity index (χ0) is 21.8. The smallest absolute Gasteiger partial charge is 0.251 e. The van der Waals surface area contributed by atoms with E-state index in [9.17, 15) is 9.59 Å². The molecule has 0 bridgehead atoms. The summed E-state index contributed by atoms with van der Waals surface area (Å²) >= 11 is 0. The molecule has 0 aliphatic heterocycles. The van der Waals surface area contributed by atoms with Crippen LogP contribution in [0, 0.1) is 11.3 Å². The monoisotopic (exact) mass is 408 g/mol. The summed E-state index contributed by atoms with van der Waals surface area (Å²) in [7, 11) is -1.94. The molecule has 0 fully saturated rings. The minimum Gasteiger partial charge on any atom is -0.544 e. The molecule has 2 rings (SSSR count). The molecule has 1 amide bonds. The van der Waals surface area contributed by atoms with Gasteiger partial charge < -0.3 is 9.74 Å². The SMILES string of the molecule is CC(NC(=O)c1ccc(O[Si](C)(C)C(C)(C)C)cc1)C(=O)c1ccc(C#N)cc1. The van der Waals surface area contributed by atoms with Crippen molar-refractivity contribution in [2.24, 2.45) is 0 Å². The Kier molecular flexibility index (Phi) is 6.65. The summed E-state index contributed by atoms with van der Waals surface area (Å²) in [4.78, 5) is 25.0. The van der Waals surface area contributed by atoms with Crippen molar-refractivity contribution in [2.45, 2.75) is 51.9 Å². The van der Waals surface area contributed by atoms with Crippen LogP contribution in [0.5, 0.6) is 5.75 Å². The van der Waals surface area contributed by atoms with Crippen molar-refractivity contribution in [2.75, 3.05) is 0 Å². The zero-order valence-electron chi connectivity index (χ0n) is 17.9. The number of nitrogens with one attached hydrogen (secondary N) is 1. The van der Waals surface area contributed by atoms with Crippen LogP contribution < -0.4 is 9.74 Å². The van der Waals surface area contributed by atoms with Crippen molar-refractivity contribution in [3.8, 4) is 11.8 Å². The van der Waals surface area contributed by atoms with Crippen LogP contribution in [-0.2, 0) is 0 Å². The Labute approximate surface area is 173 Å². The number of carbonyl (C=O) groups is 2. The Morgan fingerprint density at radius 2 is 1.52 bits per heavy atom. The van der Waals surface area contributed by atoms with Crippen LogP contribution in [0.15, 0.2) is 48.5 Å². The van der Waals surface area contributed by atoms with E-state index in [1.165, 1.54) is 0 Å². The summed E-state index contributed by atoms with van der Waals surface area (Å²) in [5, 5.41) is 11.7. The summed E-state index contributed by atoms with van der Waals surface area (Å²) < 4.78 is 6.23. The van der Waals surface area contributed by atoms with E-state index < -0.39 is 14.4 Å². The van der Waals surface area contributed by atoms with E-state index in [-0.39, 0.29) is 16.7 Å². The average molecular weight is 409 g/mol. The molecule has 0 aliphatic rings. The van der Waals surface area contributed by atoms with Crippen molar-refractivity contribution in [3.05, 3.63) is 65.2 Å². The minimum absolute atomic E-state index is 0.0876. The predicted molar refractivity (Wildman–Crippen MR) is 117 cm³/mol. The predicted octanol–water partition coefficient (Wildman–Crippen LogP) is 4.94. The van der Waals surface area contributed by atoms with Gasteiger partial charge in [0.1, 0.15) is 5.75 Å². The largest absolute Gasteiger partial charge is 0.544 e. The molecule has 2 aromatic rings. The number of hydrogen-bond donors (Lipinski definition) is 1. The van der Waals surface area contributed by atoms with Crippen molar-refractivity contribution in [1.29, 1.82) is 5.26 Å². The third-order valence-electron chi connectivity index (χ3n) is 5.34. The zero-order valence-corrected chi connectivity index (χ0v) is 18.9. The van der Waals surface area contributed by atoms with E-state index in [1.807, 2.05) is 6.07 Å². The Hall–Kier alpha value is -2.91. The van der Waals surface area contributed by atoms with Crippen LogP contribution in [0.4, 0.5) is 0 Å². The van der Waals surface area contributed by atoms with Gasteiger partial charge >= 0.3 is 0 Å². The maximum absolute atomic E-state index is 12.5. The lowest BCUT2D eigenvalue weighted by Gasteiger charge is -2.36. The molecule has 0 heterocycles. The molecule has 152 valence electrons. The second kappa shape index (κ2) is 8.62. The van der Waals surface area contributed by atoms with Crippen LogP contribution in [-0.4, -0.2) is 26.0 Å². The Bertz CT molecular complexity index is 921. The molecule has 2 aromatic carbocycles. The molecule has 0 aliphatic carbocycles. The molecule has 1 atom stereocenters. The number of hydrogen-bond acceptors (Lipinski definition) is 4. The normalized spacial score (nSPS) is 12.6. The van der Waals surface area contributed by atoms with E-state index in [0.29, 0.717) is 16.7 Å². The average Bonchev–Trinajstić information content (AvgIpc) is 2.66. The van der Waals surface area contributed by atoms with E-state index in [1.54, 1.807) is 55.5 Å². The van der Waals surface area contributed by atoms with Gasteiger partial charge in [-0.2, -0.15) is 5.26 Å². The first-order chi connectivity index (χ1) is 13.4. The lowest BCUT2D eigenvalue weighted by atomic mass is 10.0. The molecule has 1 N–H and O–H groups in total. The molecule has 0 spiro atoms. The highest BCUT2D eigenvalue weighted by molar-refractivity contribution is 6.74. The lowest BCUT2D eigenvalue weighted by Crippen LogP contribution is -2.43. The standard InChI is InChI=1S/C23H28N2O3Si/c1-16(21(26)18-9-7-17(15-24)8-10-18)25-22(27)19-11-13-20(14-12-19)28-29(5,6)23(2,3)4/h7-14,16H,1-6H3,(H,25,27). The highest BCUT2D eigenvalue weighted by Crippen LogP contribution is 2.37. The molecule has 0 saturated heterocycles. The fourth-order valence-electron chi connectivity index (χ4n) is 2.43. The molecule has 6 heteroatoms. The molecule has 0 radical (unpaired) electrons. The number of benzene rings is 2. The fraction of sp³-hybridized carbons (Fsp3) is 0.348. The fourth-order valence-corrected chi connectivity index (χ4v) is 3.46. The summed E-state index contributed by atoms with van der Waals surface area (Å²) in [6, 6.07) is 14.7. The third kappa shape index (κ3) is 5.55. The summed E-state index contributed by atoms with van der Waals surface area (Å²) in [6.07, 6.45) is 0. The highest BCUT2D eigenvalue weighted by Gasteiger charge is 2.38. The topological polar surface area (TPSA) is 79.2 Å². The molecular weight excluding hydrogens is 380 g/mol. The van der Waals surface area contributed by atoms with E-state index in [0.717, 1.165) is 5.75 Å². The van der Waals surface area contributed by atoms with Crippen molar-refractivity contribution >= 4 is 20.0 Å². The molecule has 1 unspecified atom stereocenters. The molecular formula is C23H28N2O3Si. The Morgan fingerprint density at radius 3 is 2.00 bits per heavy atom. The lowest BCUT2D eigenvalue weighted by molar-refractivity contribution is 0.0865. The van der Waals surface area contributed by atoms with Gasteiger partial charge in [0.25, 0.3) is 5.91 Å². The summed E-state index contributed by atoms with van der Waals surface area (Å²) in [5.41, 5.74) is 1.40. The molecule has 5 nitrogen and oxygen atoms in total. The van der Waals surface area contributed by atoms with E-state index in [4.69, 9.17) is 9.69 Å². The second-order valence-electron chi connectivity index (χ2n) is 8.64. The van der Waals surface area contributed by atoms with E-state index in [2.05, 4.69) is 39.2 Å². The van der Waals surface area contributed by atoms with Gasteiger partial charge in [-0.15, -0.1) is 0 Å². The number of Topliss-reactive ketones (excluding diaryl/α,β-unsaturated/α-hetero) is 1. The minimum atomic E-state index is -1.94. The van der Waals surface area contributed by atoms with Crippen molar-refractivity contribution < 1.29 is 14.0 Å². The van der Waals surface area contributed by atoms with Gasteiger partial charge in [0, 0.05) is 11.1 Å². The Morgan fingerprint density at radius 1 is 1.00 bits per heavy atom. The van der Waals surface area contributed by atoms with Gasteiger partial charge in [-0.3, -0.25) is 9.59 Å². The molecule has 0 saturated carbocycles. The van der Waals surface area contributed by atoms with Gasteiger partial charge in [0.2, 0.25) is 8.32 Å². The Balaban J connectivity index is 2.03. The maximum atomic E-state index is 12.5. The number of rotatable bonds is 6. The van der Waals surface area contributed by atoms with Crippen LogP contribution in [0.2, 0.25) is 18.1 Å². The quantitative estimate of drug-likeness (QED) is 0.542. The van der Waals surface area contributed by atoms with E-state index >= 15 is 0 Å². The van der Waals surface area contributed by atoms with Crippen LogP contribution in [0.25, 0.3) is 0 Å². The number of nitrogens with zero attached hydrogens (tertiary/aromatic N) is 1. The maximum Gasteiger partial charge on any atom is 0.251 e. The van der Waals surface area contributed by atoms with Gasteiger partial charge in [-0.25, -0.2) is 0 Å².